The van der Waals surface area contributed by atoms with E-state index < -0.39 is 0 Å². The Kier molecular flexibility index (Phi) is 3.81. The Morgan fingerprint density at radius 1 is 1.50 bits per heavy atom. The van der Waals surface area contributed by atoms with E-state index in [1.165, 1.54) is 0 Å². The Morgan fingerprint density at radius 2 is 2.28 bits per heavy atom. The van der Waals surface area contributed by atoms with Gasteiger partial charge in [0.25, 0.3) is 5.91 Å². The number of thiazole rings is 1. The molecular formula is C13H17N3OS. The summed E-state index contributed by atoms with van der Waals surface area (Å²) >= 11 is 1.57. The maximum absolute atomic E-state index is 12.0. The van der Waals surface area contributed by atoms with Gasteiger partial charge < -0.3 is 5.32 Å². The van der Waals surface area contributed by atoms with E-state index in [1.54, 1.807) is 17.5 Å². The zero-order valence-corrected chi connectivity index (χ0v) is 11.7. The van der Waals surface area contributed by atoms with E-state index in [1.807, 2.05) is 36.8 Å². The van der Waals surface area contributed by atoms with E-state index in [2.05, 4.69) is 10.3 Å². The molecule has 0 saturated carbocycles. The van der Waals surface area contributed by atoms with E-state index in [0.717, 1.165) is 28.5 Å². The Hall–Kier alpha value is -1.62. The average Bonchev–Trinajstić information content (AvgIpc) is 2.94. The lowest BCUT2D eigenvalue weighted by atomic mass is 10.2. The van der Waals surface area contributed by atoms with Crippen LogP contribution in [0.15, 0.2) is 17.6 Å². The smallest absolute Gasteiger partial charge is 0.253 e. The number of hydrogen-bond donors (Lipinski definition) is 1. The van der Waals surface area contributed by atoms with Gasteiger partial charge in [0.2, 0.25) is 0 Å². The van der Waals surface area contributed by atoms with Crippen LogP contribution in [0.4, 0.5) is 0 Å². The van der Waals surface area contributed by atoms with Crippen molar-refractivity contribution in [3.8, 4) is 5.13 Å². The molecule has 18 heavy (non-hydrogen) atoms. The minimum absolute atomic E-state index is 0.00671. The first-order valence-electron chi connectivity index (χ1n) is 6.02. The molecule has 0 fully saturated rings. The summed E-state index contributed by atoms with van der Waals surface area (Å²) in [6.07, 6.45) is 2.71. The lowest BCUT2D eigenvalue weighted by Crippen LogP contribution is -2.24. The van der Waals surface area contributed by atoms with Crippen LogP contribution >= 0.6 is 11.3 Å². The van der Waals surface area contributed by atoms with Crippen LogP contribution in [0.1, 0.15) is 35.1 Å². The summed E-state index contributed by atoms with van der Waals surface area (Å²) in [7, 11) is 0. The third-order valence-electron chi connectivity index (χ3n) is 2.82. The van der Waals surface area contributed by atoms with Gasteiger partial charge in [0.1, 0.15) is 0 Å². The summed E-state index contributed by atoms with van der Waals surface area (Å²) in [4.78, 5) is 16.3. The molecule has 4 nitrogen and oxygen atoms in total. The number of amides is 1. The van der Waals surface area contributed by atoms with Gasteiger partial charge in [-0.2, -0.15) is 0 Å². The SMILES string of the molecule is CCCNC(=O)c1cc(C)n(-c2nccs2)c1C. The monoisotopic (exact) mass is 263 g/mol. The molecule has 0 aliphatic heterocycles. The fourth-order valence-corrected chi connectivity index (χ4v) is 2.70. The van der Waals surface area contributed by atoms with E-state index in [4.69, 9.17) is 0 Å². The van der Waals surface area contributed by atoms with Crippen molar-refractivity contribution in [3.05, 3.63) is 34.6 Å². The van der Waals surface area contributed by atoms with E-state index in [-0.39, 0.29) is 5.91 Å². The van der Waals surface area contributed by atoms with Crippen LogP contribution in [-0.2, 0) is 0 Å². The standard InChI is InChI=1S/C13H17N3OS/c1-4-5-14-12(17)11-8-9(2)16(10(11)3)13-15-6-7-18-13/h6-8H,4-5H2,1-3H3,(H,14,17). The lowest BCUT2D eigenvalue weighted by Gasteiger charge is -2.06. The predicted octanol–water partition coefficient (Wildman–Crippen LogP) is 2.69. The van der Waals surface area contributed by atoms with Gasteiger partial charge in [0.05, 0.1) is 5.56 Å². The quantitative estimate of drug-likeness (QED) is 0.922. The number of aryl methyl sites for hydroxylation is 1. The second-order valence-electron chi connectivity index (χ2n) is 4.19. The van der Waals surface area contributed by atoms with Gasteiger partial charge in [-0.1, -0.05) is 6.92 Å². The minimum atomic E-state index is -0.00671. The summed E-state index contributed by atoms with van der Waals surface area (Å²) in [6, 6.07) is 1.92. The minimum Gasteiger partial charge on any atom is -0.352 e. The summed E-state index contributed by atoms with van der Waals surface area (Å²) in [5, 5.41) is 5.74. The molecule has 0 spiro atoms. The van der Waals surface area contributed by atoms with Crippen LogP contribution in [0, 0.1) is 13.8 Å². The lowest BCUT2D eigenvalue weighted by molar-refractivity contribution is 0.0953. The van der Waals surface area contributed by atoms with Crippen molar-refractivity contribution in [2.75, 3.05) is 6.54 Å². The van der Waals surface area contributed by atoms with Crippen molar-refractivity contribution < 1.29 is 4.79 Å². The molecule has 1 N–H and O–H groups in total. The van der Waals surface area contributed by atoms with E-state index >= 15 is 0 Å². The van der Waals surface area contributed by atoms with Crippen LogP contribution in [-0.4, -0.2) is 22.0 Å². The highest BCUT2D eigenvalue weighted by atomic mass is 32.1. The van der Waals surface area contributed by atoms with Crippen molar-refractivity contribution in [2.24, 2.45) is 0 Å². The molecule has 0 aromatic carbocycles. The third-order valence-corrected chi connectivity index (χ3v) is 3.58. The zero-order valence-electron chi connectivity index (χ0n) is 10.9. The third kappa shape index (κ3) is 2.31. The second-order valence-corrected chi connectivity index (χ2v) is 5.06. The number of rotatable bonds is 4. The number of hydrogen-bond acceptors (Lipinski definition) is 3. The first-order valence-corrected chi connectivity index (χ1v) is 6.90. The van der Waals surface area contributed by atoms with E-state index in [0.29, 0.717) is 6.54 Å². The molecule has 96 valence electrons. The molecule has 2 aromatic heterocycles. The van der Waals surface area contributed by atoms with Crippen molar-refractivity contribution in [3.63, 3.8) is 0 Å². The maximum Gasteiger partial charge on any atom is 0.253 e. The highest BCUT2D eigenvalue weighted by Gasteiger charge is 2.16. The Morgan fingerprint density at radius 3 is 2.89 bits per heavy atom. The molecule has 2 heterocycles. The van der Waals surface area contributed by atoms with Gasteiger partial charge in [0, 0.05) is 29.5 Å². The van der Waals surface area contributed by atoms with Crippen molar-refractivity contribution >= 4 is 17.2 Å². The Labute approximate surface area is 111 Å². The highest BCUT2D eigenvalue weighted by molar-refractivity contribution is 7.12. The largest absolute Gasteiger partial charge is 0.352 e. The fraction of sp³-hybridized carbons (Fsp3) is 0.385. The van der Waals surface area contributed by atoms with Gasteiger partial charge in [-0.25, -0.2) is 4.98 Å². The maximum atomic E-state index is 12.0. The van der Waals surface area contributed by atoms with Crippen LogP contribution in [0.5, 0.6) is 0 Å². The molecule has 0 aliphatic rings. The molecule has 2 rings (SSSR count). The molecule has 0 saturated heterocycles. The molecule has 0 atom stereocenters. The molecule has 2 aromatic rings. The van der Waals surface area contributed by atoms with Crippen LogP contribution < -0.4 is 5.32 Å². The fourth-order valence-electron chi connectivity index (χ4n) is 1.95. The van der Waals surface area contributed by atoms with Crippen molar-refractivity contribution in [1.29, 1.82) is 0 Å². The second kappa shape index (κ2) is 5.35. The molecule has 0 aliphatic carbocycles. The molecule has 1 amide bonds. The van der Waals surface area contributed by atoms with Gasteiger partial charge in [-0.05, 0) is 26.3 Å². The number of carbonyl (C=O) groups excluding carboxylic acids is 1. The van der Waals surface area contributed by atoms with Gasteiger partial charge >= 0.3 is 0 Å². The molecule has 0 unspecified atom stereocenters. The van der Waals surface area contributed by atoms with Crippen molar-refractivity contribution in [1.82, 2.24) is 14.9 Å². The summed E-state index contributed by atoms with van der Waals surface area (Å²) in [6.45, 7) is 6.69. The summed E-state index contributed by atoms with van der Waals surface area (Å²) < 4.78 is 2.02. The number of nitrogens with one attached hydrogen (secondary N) is 1. The van der Waals surface area contributed by atoms with Gasteiger partial charge in [-0.15, -0.1) is 11.3 Å². The van der Waals surface area contributed by atoms with Gasteiger partial charge in [-0.3, -0.25) is 9.36 Å². The normalized spacial score (nSPS) is 10.6. The molecule has 0 radical (unpaired) electrons. The first kappa shape index (κ1) is 12.8. The zero-order chi connectivity index (χ0) is 13.1. The predicted molar refractivity (Wildman–Crippen MR) is 73.5 cm³/mol. The topological polar surface area (TPSA) is 46.9 Å². The molecular weight excluding hydrogens is 246 g/mol. The van der Waals surface area contributed by atoms with Crippen molar-refractivity contribution in [2.45, 2.75) is 27.2 Å². The molecule has 5 heteroatoms. The average molecular weight is 263 g/mol. The summed E-state index contributed by atoms with van der Waals surface area (Å²) in [5.74, 6) is -0.00671. The highest BCUT2D eigenvalue weighted by Crippen LogP contribution is 2.22. The van der Waals surface area contributed by atoms with E-state index in [9.17, 15) is 4.79 Å². The first-order chi connectivity index (χ1) is 8.65. The number of aromatic nitrogens is 2. The number of nitrogens with zero attached hydrogens (tertiary/aromatic N) is 2. The Bertz CT molecular complexity index is 543. The Balaban J connectivity index is 2.35. The number of carbonyl (C=O) groups is 1. The molecule has 0 bridgehead atoms. The van der Waals surface area contributed by atoms with Crippen LogP contribution in [0.25, 0.3) is 5.13 Å². The van der Waals surface area contributed by atoms with Gasteiger partial charge in [0.15, 0.2) is 5.13 Å². The van der Waals surface area contributed by atoms with Crippen LogP contribution in [0.3, 0.4) is 0 Å². The summed E-state index contributed by atoms with van der Waals surface area (Å²) in [5.41, 5.74) is 2.70. The van der Waals surface area contributed by atoms with Crippen LogP contribution in [0.2, 0.25) is 0 Å².